The summed E-state index contributed by atoms with van der Waals surface area (Å²) in [6.07, 6.45) is 0. The van der Waals surface area contributed by atoms with Gasteiger partial charge < -0.3 is 10.4 Å². The number of carbonyl (C=O) groups is 1. The Kier molecular flexibility index (Phi) is 3.92. The predicted molar refractivity (Wildman–Crippen MR) is 57.0 cm³/mol. The highest BCUT2D eigenvalue weighted by molar-refractivity contribution is 6.31. The van der Waals surface area contributed by atoms with Crippen LogP contribution < -0.4 is 5.32 Å². The molecule has 0 radical (unpaired) electrons. The van der Waals surface area contributed by atoms with Gasteiger partial charge >= 0.3 is 0 Å². The summed E-state index contributed by atoms with van der Waals surface area (Å²) in [4.78, 5) is 11.1. The highest BCUT2D eigenvalue weighted by Gasteiger charge is 2.02. The highest BCUT2D eigenvalue weighted by Crippen LogP contribution is 2.19. The summed E-state index contributed by atoms with van der Waals surface area (Å²) in [7, 11) is 0. The predicted octanol–water partition coefficient (Wildman–Crippen LogP) is 1.95. The highest BCUT2D eigenvalue weighted by atomic mass is 35.5. The normalized spacial score (nSPS) is 9.93. The third-order valence-corrected chi connectivity index (χ3v) is 1.96. The topological polar surface area (TPSA) is 49.3 Å². The van der Waals surface area contributed by atoms with E-state index in [9.17, 15) is 4.79 Å². The molecule has 0 amide bonds. The molecule has 0 spiro atoms. The molecular weight excluding hydrogens is 202 g/mol. The lowest BCUT2D eigenvalue weighted by Gasteiger charge is -2.06. The van der Waals surface area contributed by atoms with Crippen molar-refractivity contribution in [2.24, 2.45) is 0 Å². The molecule has 0 aliphatic heterocycles. The van der Waals surface area contributed by atoms with E-state index in [0.29, 0.717) is 17.1 Å². The average Bonchev–Trinajstić information content (AvgIpc) is 2.14. The molecule has 0 saturated carbocycles. The van der Waals surface area contributed by atoms with Gasteiger partial charge in [0.25, 0.3) is 0 Å². The number of hydrogen-bond donors (Lipinski definition) is 2. The van der Waals surface area contributed by atoms with E-state index in [2.05, 4.69) is 5.32 Å². The molecule has 0 saturated heterocycles. The molecule has 0 aromatic heterocycles. The molecule has 14 heavy (non-hydrogen) atoms. The summed E-state index contributed by atoms with van der Waals surface area (Å²) in [5.74, 6) is -0.0282. The van der Waals surface area contributed by atoms with E-state index in [-0.39, 0.29) is 12.4 Å². The molecule has 0 aliphatic carbocycles. The van der Waals surface area contributed by atoms with Crippen LogP contribution in [-0.4, -0.2) is 24.0 Å². The van der Waals surface area contributed by atoms with Crippen LogP contribution in [0.15, 0.2) is 18.2 Å². The smallest absolute Gasteiger partial charge is 0.159 e. The minimum absolute atomic E-state index is 0.0282. The van der Waals surface area contributed by atoms with Crippen molar-refractivity contribution in [3.63, 3.8) is 0 Å². The van der Waals surface area contributed by atoms with Crippen LogP contribution in [0.2, 0.25) is 5.02 Å². The van der Waals surface area contributed by atoms with E-state index in [0.717, 1.165) is 5.69 Å². The molecule has 0 unspecified atom stereocenters. The molecular formula is C10H12ClNO2. The fourth-order valence-corrected chi connectivity index (χ4v) is 1.33. The SMILES string of the molecule is CC(=O)c1cc(Cl)cc(NCCO)c1. The number of Topliss-reactive ketones (excluding diaryl/α,β-unsaturated/α-hetero) is 1. The Labute approximate surface area is 87.7 Å². The number of ketones is 1. The lowest BCUT2D eigenvalue weighted by Crippen LogP contribution is -2.06. The molecule has 2 N–H and O–H groups in total. The summed E-state index contributed by atoms with van der Waals surface area (Å²) in [6.45, 7) is 1.97. The first-order valence-electron chi connectivity index (χ1n) is 4.29. The number of anilines is 1. The molecule has 4 heteroatoms. The van der Waals surface area contributed by atoms with Crippen LogP contribution in [0.5, 0.6) is 0 Å². The summed E-state index contributed by atoms with van der Waals surface area (Å²) >= 11 is 5.82. The minimum atomic E-state index is -0.0282. The standard InChI is InChI=1S/C10H12ClNO2/c1-7(14)8-4-9(11)6-10(5-8)12-2-3-13/h4-6,12-13H,2-3H2,1H3. The summed E-state index contributed by atoms with van der Waals surface area (Å²) < 4.78 is 0. The second-order valence-electron chi connectivity index (χ2n) is 2.94. The van der Waals surface area contributed by atoms with Gasteiger partial charge in [0, 0.05) is 22.8 Å². The number of nitrogens with one attached hydrogen (secondary N) is 1. The number of aliphatic hydroxyl groups excluding tert-OH is 1. The Morgan fingerprint density at radius 2 is 2.21 bits per heavy atom. The molecule has 0 atom stereocenters. The monoisotopic (exact) mass is 213 g/mol. The lowest BCUT2D eigenvalue weighted by atomic mass is 10.1. The van der Waals surface area contributed by atoms with Gasteiger partial charge in [-0.2, -0.15) is 0 Å². The van der Waals surface area contributed by atoms with Crippen LogP contribution in [0.1, 0.15) is 17.3 Å². The molecule has 1 aromatic carbocycles. The molecule has 1 rings (SSSR count). The van der Waals surface area contributed by atoms with Gasteiger partial charge in [-0.05, 0) is 25.1 Å². The van der Waals surface area contributed by atoms with Crippen molar-refractivity contribution in [3.8, 4) is 0 Å². The quantitative estimate of drug-likeness (QED) is 0.752. The zero-order valence-electron chi connectivity index (χ0n) is 7.88. The number of benzene rings is 1. The van der Waals surface area contributed by atoms with Gasteiger partial charge in [0.1, 0.15) is 0 Å². The van der Waals surface area contributed by atoms with Gasteiger partial charge in [0.05, 0.1) is 6.61 Å². The zero-order valence-corrected chi connectivity index (χ0v) is 8.64. The summed E-state index contributed by atoms with van der Waals surface area (Å²) in [5.41, 5.74) is 1.31. The molecule has 3 nitrogen and oxygen atoms in total. The lowest BCUT2D eigenvalue weighted by molar-refractivity contribution is 0.101. The first-order chi connectivity index (χ1) is 6.63. The van der Waals surface area contributed by atoms with Gasteiger partial charge in [-0.3, -0.25) is 4.79 Å². The van der Waals surface area contributed by atoms with Crippen molar-refractivity contribution in [2.75, 3.05) is 18.5 Å². The van der Waals surface area contributed by atoms with Crippen LogP contribution in [0.25, 0.3) is 0 Å². The fourth-order valence-electron chi connectivity index (χ4n) is 1.10. The summed E-state index contributed by atoms with van der Waals surface area (Å²) in [5, 5.41) is 12.1. The molecule has 0 bridgehead atoms. The molecule has 0 fully saturated rings. The van der Waals surface area contributed by atoms with Gasteiger partial charge in [0.2, 0.25) is 0 Å². The minimum Gasteiger partial charge on any atom is -0.395 e. The fraction of sp³-hybridized carbons (Fsp3) is 0.300. The summed E-state index contributed by atoms with van der Waals surface area (Å²) in [6, 6.07) is 5.04. The van der Waals surface area contributed by atoms with E-state index < -0.39 is 0 Å². The Hall–Kier alpha value is -1.06. The maximum atomic E-state index is 11.1. The maximum absolute atomic E-state index is 11.1. The Balaban J connectivity index is 2.89. The molecule has 0 heterocycles. The third-order valence-electron chi connectivity index (χ3n) is 1.75. The number of halogens is 1. The van der Waals surface area contributed by atoms with Crippen molar-refractivity contribution in [3.05, 3.63) is 28.8 Å². The first-order valence-corrected chi connectivity index (χ1v) is 4.67. The second kappa shape index (κ2) is 4.98. The number of rotatable bonds is 4. The second-order valence-corrected chi connectivity index (χ2v) is 3.37. The van der Waals surface area contributed by atoms with Gasteiger partial charge in [-0.25, -0.2) is 0 Å². The van der Waals surface area contributed by atoms with E-state index in [1.165, 1.54) is 6.92 Å². The molecule has 76 valence electrons. The number of hydrogen-bond acceptors (Lipinski definition) is 3. The van der Waals surface area contributed by atoms with E-state index in [4.69, 9.17) is 16.7 Å². The molecule has 1 aromatic rings. The van der Waals surface area contributed by atoms with Gasteiger partial charge in [-0.1, -0.05) is 11.6 Å². The van der Waals surface area contributed by atoms with Crippen LogP contribution in [0.4, 0.5) is 5.69 Å². The van der Waals surface area contributed by atoms with E-state index in [1.54, 1.807) is 18.2 Å². The van der Waals surface area contributed by atoms with Crippen LogP contribution >= 0.6 is 11.6 Å². The van der Waals surface area contributed by atoms with Crippen LogP contribution in [-0.2, 0) is 0 Å². The first kappa shape index (κ1) is 11.0. The van der Waals surface area contributed by atoms with Gasteiger partial charge in [-0.15, -0.1) is 0 Å². The largest absolute Gasteiger partial charge is 0.395 e. The van der Waals surface area contributed by atoms with Crippen molar-refractivity contribution < 1.29 is 9.90 Å². The van der Waals surface area contributed by atoms with Crippen LogP contribution in [0.3, 0.4) is 0 Å². The Morgan fingerprint density at radius 1 is 1.50 bits per heavy atom. The van der Waals surface area contributed by atoms with Crippen molar-refractivity contribution in [2.45, 2.75) is 6.92 Å². The Morgan fingerprint density at radius 3 is 2.79 bits per heavy atom. The van der Waals surface area contributed by atoms with E-state index in [1.807, 2.05) is 0 Å². The third kappa shape index (κ3) is 3.01. The molecule has 0 aliphatic rings. The Bertz CT molecular complexity index is 339. The van der Waals surface area contributed by atoms with Crippen molar-refractivity contribution in [1.29, 1.82) is 0 Å². The van der Waals surface area contributed by atoms with Crippen LogP contribution in [0, 0.1) is 0 Å². The maximum Gasteiger partial charge on any atom is 0.159 e. The number of aliphatic hydroxyl groups is 1. The van der Waals surface area contributed by atoms with Gasteiger partial charge in [0.15, 0.2) is 5.78 Å². The average molecular weight is 214 g/mol. The van der Waals surface area contributed by atoms with E-state index >= 15 is 0 Å². The van der Waals surface area contributed by atoms with Crippen molar-refractivity contribution >= 4 is 23.1 Å². The number of carbonyl (C=O) groups excluding carboxylic acids is 1. The zero-order chi connectivity index (χ0) is 10.6. The van der Waals surface area contributed by atoms with Crippen molar-refractivity contribution in [1.82, 2.24) is 0 Å².